The summed E-state index contributed by atoms with van der Waals surface area (Å²) in [6.45, 7) is 0. The van der Waals surface area contributed by atoms with Crippen LogP contribution in [0.2, 0.25) is 0 Å². The van der Waals surface area contributed by atoms with E-state index >= 15 is 0 Å². The Hall–Kier alpha value is 0.660. The van der Waals surface area contributed by atoms with Gasteiger partial charge in [-0.25, -0.2) is 0 Å². The molecule has 1 aromatic rings. The van der Waals surface area contributed by atoms with Gasteiger partial charge in [0.05, 0.1) is 8.61 Å². The van der Waals surface area contributed by atoms with Gasteiger partial charge in [-0.1, -0.05) is 15.9 Å². The SMILES string of the molecule is Brc1ccc(C(Br)C2CC2)s1. The Labute approximate surface area is 87.3 Å². The Morgan fingerprint density at radius 3 is 2.64 bits per heavy atom. The Balaban J connectivity index is 2.14. The molecule has 1 aromatic heterocycles. The molecular weight excluding hydrogens is 288 g/mol. The van der Waals surface area contributed by atoms with E-state index in [0.29, 0.717) is 4.83 Å². The van der Waals surface area contributed by atoms with E-state index in [9.17, 15) is 0 Å². The lowest BCUT2D eigenvalue weighted by Gasteiger charge is -2.02. The minimum absolute atomic E-state index is 0.610. The van der Waals surface area contributed by atoms with Gasteiger partial charge < -0.3 is 0 Å². The Bertz CT molecular complexity index is 252. The fourth-order valence-electron chi connectivity index (χ4n) is 1.10. The van der Waals surface area contributed by atoms with Crippen LogP contribution in [-0.2, 0) is 0 Å². The Morgan fingerprint density at radius 1 is 1.45 bits per heavy atom. The van der Waals surface area contributed by atoms with Crippen LogP contribution in [0.1, 0.15) is 22.5 Å². The van der Waals surface area contributed by atoms with Crippen molar-refractivity contribution in [3.63, 3.8) is 0 Å². The summed E-state index contributed by atoms with van der Waals surface area (Å²) in [5.41, 5.74) is 0. The number of halogens is 2. The van der Waals surface area contributed by atoms with Gasteiger partial charge in [0.15, 0.2) is 0 Å². The molecule has 0 nitrogen and oxygen atoms in total. The van der Waals surface area contributed by atoms with Crippen LogP contribution in [0.3, 0.4) is 0 Å². The maximum absolute atomic E-state index is 3.72. The fraction of sp³-hybridized carbons (Fsp3) is 0.500. The third-order valence-corrected chi connectivity index (χ3v) is 5.15. The zero-order chi connectivity index (χ0) is 7.84. The number of hydrogen-bond donors (Lipinski definition) is 0. The van der Waals surface area contributed by atoms with Gasteiger partial charge >= 0.3 is 0 Å². The molecule has 1 saturated carbocycles. The van der Waals surface area contributed by atoms with Gasteiger partial charge in [0, 0.05) is 4.88 Å². The van der Waals surface area contributed by atoms with E-state index in [1.807, 2.05) is 11.3 Å². The van der Waals surface area contributed by atoms with Gasteiger partial charge in [0.25, 0.3) is 0 Å². The zero-order valence-corrected chi connectivity index (χ0v) is 9.88. The lowest BCUT2D eigenvalue weighted by atomic mass is 10.2. The first kappa shape index (κ1) is 8.27. The highest BCUT2D eigenvalue weighted by Gasteiger charge is 2.30. The highest BCUT2D eigenvalue weighted by atomic mass is 79.9. The summed E-state index contributed by atoms with van der Waals surface area (Å²) in [5.74, 6) is 0.903. The predicted octanol–water partition coefficient (Wildman–Crippen LogP) is 4.36. The van der Waals surface area contributed by atoms with E-state index in [2.05, 4.69) is 44.0 Å². The summed E-state index contributed by atoms with van der Waals surface area (Å²) >= 11 is 9.02. The third-order valence-electron chi connectivity index (χ3n) is 1.90. The minimum Gasteiger partial charge on any atom is -0.132 e. The maximum Gasteiger partial charge on any atom is 0.0701 e. The average Bonchev–Trinajstić information content (AvgIpc) is 2.74. The average molecular weight is 296 g/mol. The first-order chi connectivity index (χ1) is 5.27. The van der Waals surface area contributed by atoms with Crippen LogP contribution in [0.15, 0.2) is 15.9 Å². The van der Waals surface area contributed by atoms with Gasteiger partial charge in [0.1, 0.15) is 0 Å². The largest absolute Gasteiger partial charge is 0.132 e. The molecule has 1 heterocycles. The molecule has 0 amide bonds. The predicted molar refractivity (Wildman–Crippen MR) is 56.4 cm³/mol. The van der Waals surface area contributed by atoms with Gasteiger partial charge in [-0.05, 0) is 46.8 Å². The van der Waals surface area contributed by atoms with Gasteiger partial charge in [0.2, 0.25) is 0 Å². The maximum atomic E-state index is 3.72. The second kappa shape index (κ2) is 3.19. The molecule has 1 unspecified atom stereocenters. The molecule has 3 heteroatoms. The number of alkyl halides is 1. The third kappa shape index (κ3) is 1.87. The van der Waals surface area contributed by atoms with Crippen molar-refractivity contribution in [2.24, 2.45) is 5.92 Å². The standard InChI is InChI=1S/C8H8Br2S/c9-7-4-3-6(11-7)8(10)5-1-2-5/h3-5,8H,1-2H2. The van der Waals surface area contributed by atoms with E-state index in [-0.39, 0.29) is 0 Å². The summed E-state index contributed by atoms with van der Waals surface area (Å²) < 4.78 is 1.23. The number of hydrogen-bond acceptors (Lipinski definition) is 1. The van der Waals surface area contributed by atoms with Crippen LogP contribution in [0.5, 0.6) is 0 Å². The molecule has 1 atom stereocenters. The zero-order valence-electron chi connectivity index (χ0n) is 5.89. The molecule has 0 N–H and O–H groups in total. The first-order valence-corrected chi connectivity index (χ1v) is 6.19. The molecule has 1 aliphatic carbocycles. The topological polar surface area (TPSA) is 0 Å². The quantitative estimate of drug-likeness (QED) is 0.711. The molecule has 60 valence electrons. The molecule has 0 spiro atoms. The van der Waals surface area contributed by atoms with Crippen LogP contribution >= 0.6 is 43.2 Å². The molecule has 11 heavy (non-hydrogen) atoms. The molecule has 0 saturated heterocycles. The monoisotopic (exact) mass is 294 g/mol. The first-order valence-electron chi connectivity index (χ1n) is 3.66. The van der Waals surface area contributed by atoms with Gasteiger partial charge in [-0.15, -0.1) is 11.3 Å². The summed E-state index contributed by atoms with van der Waals surface area (Å²) in [6.07, 6.45) is 2.79. The lowest BCUT2D eigenvalue weighted by Crippen LogP contribution is -1.85. The lowest BCUT2D eigenvalue weighted by molar-refractivity contribution is 0.837. The van der Waals surface area contributed by atoms with Crippen molar-refractivity contribution in [3.05, 3.63) is 20.8 Å². The molecule has 0 radical (unpaired) electrons. The smallest absolute Gasteiger partial charge is 0.0701 e. The molecule has 0 aliphatic heterocycles. The van der Waals surface area contributed by atoms with E-state index < -0.39 is 0 Å². The van der Waals surface area contributed by atoms with Crippen molar-refractivity contribution in [1.29, 1.82) is 0 Å². The Morgan fingerprint density at radius 2 is 2.18 bits per heavy atom. The van der Waals surface area contributed by atoms with E-state index in [4.69, 9.17) is 0 Å². The second-order valence-electron chi connectivity index (χ2n) is 2.88. The second-order valence-corrected chi connectivity index (χ2v) is 6.36. The number of thiophene rings is 1. The summed E-state index contributed by atoms with van der Waals surface area (Å²) in [7, 11) is 0. The van der Waals surface area contributed by atoms with Crippen LogP contribution in [0.4, 0.5) is 0 Å². The van der Waals surface area contributed by atoms with E-state index in [0.717, 1.165) is 5.92 Å². The normalized spacial score (nSPS) is 20.2. The number of rotatable bonds is 2. The van der Waals surface area contributed by atoms with Crippen LogP contribution < -0.4 is 0 Å². The molecular formula is C8H8Br2S. The van der Waals surface area contributed by atoms with Crippen molar-refractivity contribution in [3.8, 4) is 0 Å². The van der Waals surface area contributed by atoms with Crippen molar-refractivity contribution in [2.45, 2.75) is 17.7 Å². The van der Waals surface area contributed by atoms with Crippen LogP contribution in [0, 0.1) is 5.92 Å². The van der Waals surface area contributed by atoms with Crippen LogP contribution in [-0.4, -0.2) is 0 Å². The van der Waals surface area contributed by atoms with Crippen molar-refractivity contribution >= 4 is 43.2 Å². The van der Waals surface area contributed by atoms with Crippen molar-refractivity contribution in [2.75, 3.05) is 0 Å². The molecule has 1 fully saturated rings. The van der Waals surface area contributed by atoms with Gasteiger partial charge in [-0.2, -0.15) is 0 Å². The highest BCUT2D eigenvalue weighted by molar-refractivity contribution is 9.11. The van der Waals surface area contributed by atoms with Crippen molar-refractivity contribution < 1.29 is 0 Å². The van der Waals surface area contributed by atoms with Crippen molar-refractivity contribution in [1.82, 2.24) is 0 Å². The van der Waals surface area contributed by atoms with Gasteiger partial charge in [-0.3, -0.25) is 0 Å². The summed E-state index contributed by atoms with van der Waals surface area (Å²) in [5, 5.41) is 0. The Kier molecular flexibility index (Phi) is 2.40. The molecule has 1 aliphatic rings. The summed E-state index contributed by atoms with van der Waals surface area (Å²) in [6, 6.07) is 4.32. The fourth-order valence-corrected chi connectivity index (χ4v) is 3.55. The van der Waals surface area contributed by atoms with Crippen LogP contribution in [0.25, 0.3) is 0 Å². The highest BCUT2D eigenvalue weighted by Crippen LogP contribution is 2.48. The molecule has 0 bridgehead atoms. The molecule has 2 rings (SSSR count). The molecule has 0 aromatic carbocycles. The summed E-state index contributed by atoms with van der Waals surface area (Å²) in [4.78, 5) is 2.07. The van der Waals surface area contributed by atoms with E-state index in [1.165, 1.54) is 21.5 Å². The van der Waals surface area contributed by atoms with E-state index in [1.54, 1.807) is 0 Å². The minimum atomic E-state index is 0.610.